The van der Waals surface area contributed by atoms with Crippen LogP contribution in [0.3, 0.4) is 0 Å². The minimum atomic E-state index is -0.172. The molecule has 0 aliphatic carbocycles. The van der Waals surface area contributed by atoms with Gasteiger partial charge in [0.2, 0.25) is 0 Å². The van der Waals surface area contributed by atoms with Crippen molar-refractivity contribution in [2.24, 2.45) is 5.73 Å². The summed E-state index contributed by atoms with van der Waals surface area (Å²) in [5.41, 5.74) is 7.06. The second-order valence-electron chi connectivity index (χ2n) is 4.77. The maximum atomic E-state index is 12.2. The maximum absolute atomic E-state index is 12.2. The van der Waals surface area contributed by atoms with Crippen molar-refractivity contribution in [3.63, 3.8) is 0 Å². The van der Waals surface area contributed by atoms with Gasteiger partial charge in [0.05, 0.1) is 0 Å². The Morgan fingerprint density at radius 1 is 1.05 bits per heavy atom. The van der Waals surface area contributed by atoms with Crippen molar-refractivity contribution in [2.75, 3.05) is 5.32 Å². The number of nitrogens with one attached hydrogen (secondary N) is 1. The van der Waals surface area contributed by atoms with Gasteiger partial charge in [0, 0.05) is 18.3 Å². The van der Waals surface area contributed by atoms with E-state index in [0.717, 1.165) is 16.3 Å². The fourth-order valence-corrected chi connectivity index (χ4v) is 2.14. The topological polar surface area (TPSA) is 68.0 Å². The Labute approximate surface area is 122 Å². The molecule has 0 fully saturated rings. The number of hydrogen-bond acceptors (Lipinski definition) is 3. The predicted octanol–water partition coefficient (Wildman–Crippen LogP) is 2.95. The normalized spacial score (nSPS) is 10.5. The number of amides is 1. The van der Waals surface area contributed by atoms with Crippen LogP contribution >= 0.6 is 0 Å². The number of carbonyl (C=O) groups excluding carboxylic acids is 1. The number of pyridine rings is 1. The Hall–Kier alpha value is -2.72. The third-order valence-corrected chi connectivity index (χ3v) is 3.31. The molecule has 4 heteroatoms. The van der Waals surface area contributed by atoms with Crippen LogP contribution in [-0.4, -0.2) is 10.9 Å². The maximum Gasteiger partial charge on any atom is 0.256 e. The van der Waals surface area contributed by atoms with E-state index in [1.54, 1.807) is 12.3 Å². The Kier molecular flexibility index (Phi) is 3.62. The summed E-state index contributed by atoms with van der Waals surface area (Å²) in [6, 6.07) is 17.2. The minimum Gasteiger partial charge on any atom is -0.326 e. The smallest absolute Gasteiger partial charge is 0.256 e. The lowest BCUT2D eigenvalue weighted by Gasteiger charge is -2.06. The van der Waals surface area contributed by atoms with E-state index in [1.165, 1.54) is 0 Å². The molecule has 104 valence electrons. The first kappa shape index (κ1) is 13.3. The Balaban J connectivity index is 1.82. The lowest BCUT2D eigenvalue weighted by Crippen LogP contribution is -2.13. The van der Waals surface area contributed by atoms with Crippen molar-refractivity contribution in [2.45, 2.75) is 6.54 Å². The first-order chi connectivity index (χ1) is 10.3. The number of nitrogens with zero attached hydrogens (tertiary/aromatic N) is 1. The van der Waals surface area contributed by atoms with Gasteiger partial charge in [-0.05, 0) is 34.5 Å². The van der Waals surface area contributed by atoms with Crippen molar-refractivity contribution in [3.05, 3.63) is 71.9 Å². The molecule has 0 saturated carbocycles. The SMILES string of the molecule is NCc1ccc(NC(=O)c2ccc3ccccc3c2)nc1. The zero-order chi connectivity index (χ0) is 14.7. The molecule has 0 aliphatic rings. The number of nitrogens with two attached hydrogens (primary N) is 1. The van der Waals surface area contributed by atoms with Crippen molar-refractivity contribution < 1.29 is 4.79 Å². The van der Waals surface area contributed by atoms with Gasteiger partial charge < -0.3 is 11.1 Å². The highest BCUT2D eigenvalue weighted by Gasteiger charge is 2.07. The van der Waals surface area contributed by atoms with Gasteiger partial charge in [0.1, 0.15) is 5.82 Å². The molecular weight excluding hydrogens is 262 g/mol. The zero-order valence-electron chi connectivity index (χ0n) is 11.4. The first-order valence-electron chi connectivity index (χ1n) is 6.71. The highest BCUT2D eigenvalue weighted by molar-refractivity contribution is 6.06. The van der Waals surface area contributed by atoms with E-state index >= 15 is 0 Å². The molecule has 0 unspecified atom stereocenters. The average molecular weight is 277 g/mol. The van der Waals surface area contributed by atoms with Crippen LogP contribution in [0.5, 0.6) is 0 Å². The number of rotatable bonds is 3. The summed E-state index contributed by atoms with van der Waals surface area (Å²) in [6.45, 7) is 0.436. The van der Waals surface area contributed by atoms with Gasteiger partial charge in [-0.15, -0.1) is 0 Å². The van der Waals surface area contributed by atoms with Gasteiger partial charge in [-0.1, -0.05) is 36.4 Å². The van der Waals surface area contributed by atoms with Crippen LogP contribution < -0.4 is 11.1 Å². The summed E-state index contributed by atoms with van der Waals surface area (Å²) in [4.78, 5) is 16.4. The molecule has 3 N–H and O–H groups in total. The molecule has 0 radical (unpaired) electrons. The van der Waals surface area contributed by atoms with Gasteiger partial charge in [-0.25, -0.2) is 4.98 Å². The number of carbonyl (C=O) groups is 1. The molecule has 0 saturated heterocycles. The van der Waals surface area contributed by atoms with E-state index in [-0.39, 0.29) is 5.91 Å². The van der Waals surface area contributed by atoms with E-state index in [9.17, 15) is 4.79 Å². The molecule has 1 aromatic heterocycles. The lowest BCUT2D eigenvalue weighted by atomic mass is 10.1. The standard InChI is InChI=1S/C17H15N3O/c18-10-12-5-8-16(19-11-12)20-17(21)15-7-6-13-3-1-2-4-14(13)9-15/h1-9,11H,10,18H2,(H,19,20,21). The van der Waals surface area contributed by atoms with Crippen molar-refractivity contribution >= 4 is 22.5 Å². The molecule has 0 bridgehead atoms. The molecule has 1 amide bonds. The number of hydrogen-bond donors (Lipinski definition) is 2. The molecule has 2 aromatic carbocycles. The number of aromatic nitrogens is 1. The highest BCUT2D eigenvalue weighted by atomic mass is 16.1. The van der Waals surface area contributed by atoms with Crippen LogP contribution in [0.4, 0.5) is 5.82 Å². The van der Waals surface area contributed by atoms with Gasteiger partial charge in [0.15, 0.2) is 0 Å². The summed E-state index contributed by atoms with van der Waals surface area (Å²) in [5, 5.41) is 4.93. The molecule has 1 heterocycles. The second kappa shape index (κ2) is 5.73. The summed E-state index contributed by atoms with van der Waals surface area (Å²) < 4.78 is 0. The van der Waals surface area contributed by atoms with Crippen molar-refractivity contribution in [1.29, 1.82) is 0 Å². The van der Waals surface area contributed by atoms with Crippen LogP contribution in [0.15, 0.2) is 60.8 Å². The molecule has 0 atom stereocenters. The van der Waals surface area contributed by atoms with Crippen LogP contribution in [0, 0.1) is 0 Å². The van der Waals surface area contributed by atoms with Crippen LogP contribution in [0.2, 0.25) is 0 Å². The van der Waals surface area contributed by atoms with E-state index in [4.69, 9.17) is 5.73 Å². The lowest BCUT2D eigenvalue weighted by molar-refractivity contribution is 0.102. The number of fused-ring (bicyclic) bond motifs is 1. The third kappa shape index (κ3) is 2.90. The van der Waals surface area contributed by atoms with Gasteiger partial charge in [-0.2, -0.15) is 0 Å². The summed E-state index contributed by atoms with van der Waals surface area (Å²) in [7, 11) is 0. The Morgan fingerprint density at radius 2 is 1.86 bits per heavy atom. The monoisotopic (exact) mass is 277 g/mol. The van der Waals surface area contributed by atoms with Crippen LogP contribution in [0.1, 0.15) is 15.9 Å². The Bertz CT molecular complexity index is 781. The largest absolute Gasteiger partial charge is 0.326 e. The molecule has 3 aromatic rings. The van der Waals surface area contributed by atoms with Crippen LogP contribution in [0.25, 0.3) is 10.8 Å². The molecule has 3 rings (SSSR count). The molecule has 0 spiro atoms. The first-order valence-corrected chi connectivity index (χ1v) is 6.71. The van der Waals surface area contributed by atoms with Gasteiger partial charge in [0.25, 0.3) is 5.91 Å². The van der Waals surface area contributed by atoms with Gasteiger partial charge in [-0.3, -0.25) is 4.79 Å². The summed E-state index contributed by atoms with van der Waals surface area (Å²) >= 11 is 0. The second-order valence-corrected chi connectivity index (χ2v) is 4.77. The van der Waals surface area contributed by atoms with E-state index in [2.05, 4.69) is 10.3 Å². The fourth-order valence-electron chi connectivity index (χ4n) is 2.14. The molecule has 21 heavy (non-hydrogen) atoms. The minimum absolute atomic E-state index is 0.172. The fraction of sp³-hybridized carbons (Fsp3) is 0.0588. The van der Waals surface area contributed by atoms with Crippen molar-refractivity contribution in [3.8, 4) is 0 Å². The highest BCUT2D eigenvalue weighted by Crippen LogP contribution is 2.16. The summed E-state index contributed by atoms with van der Waals surface area (Å²) in [5.74, 6) is 0.346. The third-order valence-electron chi connectivity index (χ3n) is 3.31. The van der Waals surface area contributed by atoms with E-state index in [0.29, 0.717) is 17.9 Å². The summed E-state index contributed by atoms with van der Waals surface area (Å²) in [6.07, 6.45) is 1.66. The molecule has 0 aliphatic heterocycles. The quantitative estimate of drug-likeness (QED) is 0.773. The van der Waals surface area contributed by atoms with E-state index in [1.807, 2.05) is 48.5 Å². The predicted molar refractivity (Wildman–Crippen MR) is 84.0 cm³/mol. The average Bonchev–Trinajstić information content (AvgIpc) is 2.55. The van der Waals surface area contributed by atoms with Crippen molar-refractivity contribution in [1.82, 2.24) is 4.98 Å². The Morgan fingerprint density at radius 3 is 2.57 bits per heavy atom. The number of anilines is 1. The zero-order valence-corrected chi connectivity index (χ0v) is 11.4. The molecular formula is C17H15N3O. The van der Waals surface area contributed by atoms with Gasteiger partial charge >= 0.3 is 0 Å². The van der Waals surface area contributed by atoms with Crippen LogP contribution in [-0.2, 0) is 6.54 Å². The molecule has 4 nitrogen and oxygen atoms in total. The number of benzene rings is 2. The van der Waals surface area contributed by atoms with E-state index < -0.39 is 0 Å².